The van der Waals surface area contributed by atoms with E-state index in [0.29, 0.717) is 41.2 Å². The number of ether oxygens (including phenoxy) is 2. The van der Waals surface area contributed by atoms with E-state index in [-0.39, 0.29) is 5.91 Å². The number of methoxy groups -OCH3 is 2. The van der Waals surface area contributed by atoms with Crippen molar-refractivity contribution in [2.24, 2.45) is 0 Å². The van der Waals surface area contributed by atoms with Crippen LogP contribution in [0.2, 0.25) is 5.02 Å². The van der Waals surface area contributed by atoms with Crippen LogP contribution in [0.5, 0.6) is 11.5 Å². The second-order valence-corrected chi connectivity index (χ2v) is 5.12. The number of hydrogen-bond acceptors (Lipinski definition) is 4. The standard InChI is InChI=1S/C14H19ClN2O3/c1-19-12-8-13(20-2)11(7-10(12)15)17-14(18)5-6-16-9-3-4-9/h7-9,16H,3-6H2,1-2H3,(H,17,18). The Morgan fingerprint density at radius 2 is 2.00 bits per heavy atom. The first kappa shape index (κ1) is 14.9. The maximum Gasteiger partial charge on any atom is 0.225 e. The van der Waals surface area contributed by atoms with Gasteiger partial charge < -0.3 is 20.1 Å². The van der Waals surface area contributed by atoms with Crippen LogP contribution in [0.1, 0.15) is 19.3 Å². The molecule has 0 spiro atoms. The minimum absolute atomic E-state index is 0.0716. The Kier molecular flexibility index (Phi) is 5.09. The molecule has 1 aliphatic rings. The van der Waals surface area contributed by atoms with Crippen molar-refractivity contribution in [3.8, 4) is 11.5 Å². The van der Waals surface area contributed by atoms with Gasteiger partial charge in [0.25, 0.3) is 0 Å². The van der Waals surface area contributed by atoms with Gasteiger partial charge in [-0.1, -0.05) is 11.6 Å². The van der Waals surface area contributed by atoms with Crippen molar-refractivity contribution in [2.45, 2.75) is 25.3 Å². The molecule has 0 atom stereocenters. The van der Waals surface area contributed by atoms with E-state index in [2.05, 4.69) is 10.6 Å². The van der Waals surface area contributed by atoms with E-state index in [1.54, 1.807) is 12.1 Å². The Balaban J connectivity index is 1.95. The highest BCUT2D eigenvalue weighted by Gasteiger charge is 2.20. The van der Waals surface area contributed by atoms with Crippen LogP contribution < -0.4 is 20.1 Å². The van der Waals surface area contributed by atoms with Crippen molar-refractivity contribution in [3.05, 3.63) is 17.2 Å². The van der Waals surface area contributed by atoms with E-state index in [1.165, 1.54) is 27.1 Å². The third-order valence-electron chi connectivity index (χ3n) is 3.11. The summed E-state index contributed by atoms with van der Waals surface area (Å²) in [5.74, 6) is 0.962. The van der Waals surface area contributed by atoms with Crippen LogP contribution >= 0.6 is 11.6 Å². The van der Waals surface area contributed by atoms with Gasteiger partial charge in [0.05, 0.1) is 24.9 Å². The minimum Gasteiger partial charge on any atom is -0.495 e. The largest absolute Gasteiger partial charge is 0.495 e. The summed E-state index contributed by atoms with van der Waals surface area (Å²) in [7, 11) is 3.06. The fraction of sp³-hybridized carbons (Fsp3) is 0.500. The minimum atomic E-state index is -0.0716. The first-order valence-corrected chi connectivity index (χ1v) is 6.96. The molecule has 0 aromatic heterocycles. The Morgan fingerprint density at radius 3 is 2.60 bits per heavy atom. The van der Waals surface area contributed by atoms with Crippen LogP contribution in [0.25, 0.3) is 0 Å². The van der Waals surface area contributed by atoms with E-state index in [4.69, 9.17) is 21.1 Å². The highest BCUT2D eigenvalue weighted by molar-refractivity contribution is 6.32. The molecule has 1 aromatic carbocycles. The van der Waals surface area contributed by atoms with Crippen LogP contribution in [-0.4, -0.2) is 32.7 Å². The van der Waals surface area contributed by atoms with E-state index in [1.807, 2.05) is 0 Å². The number of carbonyl (C=O) groups excluding carboxylic acids is 1. The summed E-state index contributed by atoms with van der Waals surface area (Å²) in [6, 6.07) is 3.89. The van der Waals surface area contributed by atoms with Crippen LogP contribution in [0.3, 0.4) is 0 Å². The van der Waals surface area contributed by atoms with E-state index in [0.717, 1.165) is 0 Å². The summed E-state index contributed by atoms with van der Waals surface area (Å²) in [5.41, 5.74) is 0.551. The normalized spacial score (nSPS) is 13.9. The average Bonchev–Trinajstić information content (AvgIpc) is 3.23. The van der Waals surface area contributed by atoms with Crippen molar-refractivity contribution in [1.29, 1.82) is 0 Å². The van der Waals surface area contributed by atoms with Crippen molar-refractivity contribution >= 4 is 23.2 Å². The van der Waals surface area contributed by atoms with Gasteiger partial charge in [0.1, 0.15) is 11.5 Å². The molecule has 1 amide bonds. The SMILES string of the molecule is COc1cc(OC)c(NC(=O)CCNC2CC2)cc1Cl. The smallest absolute Gasteiger partial charge is 0.225 e. The van der Waals surface area contributed by atoms with Gasteiger partial charge in [-0.05, 0) is 18.9 Å². The Labute approximate surface area is 123 Å². The summed E-state index contributed by atoms with van der Waals surface area (Å²) in [5, 5.41) is 6.53. The lowest BCUT2D eigenvalue weighted by atomic mass is 10.2. The lowest BCUT2D eigenvalue weighted by molar-refractivity contribution is -0.116. The molecular weight excluding hydrogens is 280 g/mol. The number of anilines is 1. The van der Waals surface area contributed by atoms with Crippen molar-refractivity contribution in [2.75, 3.05) is 26.1 Å². The van der Waals surface area contributed by atoms with Gasteiger partial charge in [0, 0.05) is 25.1 Å². The number of amides is 1. The quantitative estimate of drug-likeness (QED) is 0.812. The Hall–Kier alpha value is -1.46. The molecule has 1 aromatic rings. The van der Waals surface area contributed by atoms with Crippen LogP contribution in [-0.2, 0) is 4.79 Å². The molecule has 20 heavy (non-hydrogen) atoms. The second-order valence-electron chi connectivity index (χ2n) is 4.71. The zero-order chi connectivity index (χ0) is 14.5. The maximum atomic E-state index is 11.9. The summed E-state index contributed by atoms with van der Waals surface area (Å²) in [4.78, 5) is 11.9. The third-order valence-corrected chi connectivity index (χ3v) is 3.41. The molecule has 110 valence electrons. The predicted molar refractivity (Wildman–Crippen MR) is 78.8 cm³/mol. The van der Waals surface area contributed by atoms with Crippen molar-refractivity contribution < 1.29 is 14.3 Å². The summed E-state index contributed by atoms with van der Waals surface area (Å²) < 4.78 is 10.3. The van der Waals surface area contributed by atoms with Crippen LogP contribution in [0.15, 0.2) is 12.1 Å². The first-order valence-electron chi connectivity index (χ1n) is 6.58. The Bertz CT molecular complexity index is 490. The predicted octanol–water partition coefficient (Wildman–Crippen LogP) is 2.44. The molecule has 5 nitrogen and oxygen atoms in total. The molecule has 2 N–H and O–H groups in total. The molecule has 0 saturated heterocycles. The highest BCUT2D eigenvalue weighted by Crippen LogP contribution is 2.35. The third kappa shape index (κ3) is 4.02. The number of carbonyl (C=O) groups is 1. The lowest BCUT2D eigenvalue weighted by Crippen LogP contribution is -2.23. The number of benzene rings is 1. The Morgan fingerprint density at radius 1 is 1.30 bits per heavy atom. The molecule has 0 heterocycles. The van der Waals surface area contributed by atoms with Gasteiger partial charge >= 0.3 is 0 Å². The van der Waals surface area contributed by atoms with Crippen LogP contribution in [0, 0.1) is 0 Å². The van der Waals surface area contributed by atoms with Gasteiger partial charge in [-0.25, -0.2) is 0 Å². The molecule has 0 bridgehead atoms. The van der Waals surface area contributed by atoms with Gasteiger partial charge in [-0.3, -0.25) is 4.79 Å². The van der Waals surface area contributed by atoms with Crippen LogP contribution in [0.4, 0.5) is 5.69 Å². The maximum absolute atomic E-state index is 11.9. The molecule has 1 saturated carbocycles. The number of hydrogen-bond donors (Lipinski definition) is 2. The van der Waals surface area contributed by atoms with E-state index in [9.17, 15) is 4.79 Å². The van der Waals surface area contributed by atoms with Crippen molar-refractivity contribution in [3.63, 3.8) is 0 Å². The zero-order valence-electron chi connectivity index (χ0n) is 11.7. The van der Waals surface area contributed by atoms with E-state index >= 15 is 0 Å². The lowest BCUT2D eigenvalue weighted by Gasteiger charge is -2.13. The molecule has 6 heteroatoms. The average molecular weight is 299 g/mol. The summed E-state index contributed by atoms with van der Waals surface area (Å²) >= 11 is 6.05. The van der Waals surface area contributed by atoms with Gasteiger partial charge in [0.2, 0.25) is 5.91 Å². The number of halogens is 1. The molecule has 0 radical (unpaired) electrons. The van der Waals surface area contributed by atoms with Gasteiger partial charge in [0.15, 0.2) is 0 Å². The number of nitrogens with one attached hydrogen (secondary N) is 2. The molecule has 1 fully saturated rings. The monoisotopic (exact) mass is 298 g/mol. The molecule has 2 rings (SSSR count). The zero-order valence-corrected chi connectivity index (χ0v) is 12.4. The van der Waals surface area contributed by atoms with Gasteiger partial charge in [-0.2, -0.15) is 0 Å². The second kappa shape index (κ2) is 6.81. The number of rotatable bonds is 7. The topological polar surface area (TPSA) is 59.6 Å². The highest BCUT2D eigenvalue weighted by atomic mass is 35.5. The fourth-order valence-corrected chi connectivity index (χ4v) is 2.09. The summed E-state index contributed by atoms with van der Waals surface area (Å²) in [6.45, 7) is 0.683. The van der Waals surface area contributed by atoms with Gasteiger partial charge in [-0.15, -0.1) is 0 Å². The van der Waals surface area contributed by atoms with Crippen molar-refractivity contribution in [1.82, 2.24) is 5.32 Å². The molecule has 1 aliphatic carbocycles. The molecule has 0 aliphatic heterocycles. The molecule has 0 unspecified atom stereocenters. The summed E-state index contributed by atoms with van der Waals surface area (Å²) in [6.07, 6.45) is 2.84. The fourth-order valence-electron chi connectivity index (χ4n) is 1.85. The van der Waals surface area contributed by atoms with E-state index < -0.39 is 0 Å². The molecular formula is C14H19ClN2O3. The first-order chi connectivity index (χ1) is 9.63.